The third-order valence-corrected chi connectivity index (χ3v) is 10.7. The van der Waals surface area contributed by atoms with E-state index in [0.717, 1.165) is 70.6 Å². The van der Waals surface area contributed by atoms with Crippen molar-refractivity contribution in [1.82, 2.24) is 0 Å². The fourth-order valence-electron chi connectivity index (χ4n) is 5.76. The number of epoxide rings is 1. The summed E-state index contributed by atoms with van der Waals surface area (Å²) in [7, 11) is -9.70. The van der Waals surface area contributed by atoms with E-state index >= 15 is 0 Å². The minimum absolute atomic E-state index is 0.0977. The van der Waals surface area contributed by atoms with E-state index in [-0.39, 0.29) is 25.0 Å². The normalized spacial score (nSPS) is 18.0. The van der Waals surface area contributed by atoms with Crippen LogP contribution in [0.1, 0.15) is 155 Å². The molecule has 60 heavy (non-hydrogen) atoms. The van der Waals surface area contributed by atoms with Gasteiger partial charge in [0, 0.05) is 12.8 Å². The lowest BCUT2D eigenvalue weighted by Crippen LogP contribution is -2.30. The van der Waals surface area contributed by atoms with Crippen LogP contribution in [0.2, 0.25) is 0 Å². The number of esters is 2. The molecule has 1 saturated heterocycles. The van der Waals surface area contributed by atoms with Crippen LogP contribution < -0.4 is 0 Å². The molecule has 1 heterocycles. The SMILES string of the molecule is CCCCC/C=C\C/C=C\CCCCCCCC(=O)O[C@H](COC(=O)CCC/C=C\CC1OC1C/C=C\C/C=C\CCCCC)COP(=O)(O)OC[C@@H](O)COP(=O)(O)O. The van der Waals surface area contributed by atoms with Crippen LogP contribution in [0.15, 0.2) is 60.8 Å². The Labute approximate surface area is 359 Å². The minimum atomic E-state index is -4.87. The van der Waals surface area contributed by atoms with Gasteiger partial charge in [-0.05, 0) is 83.5 Å². The second-order valence-corrected chi connectivity index (χ2v) is 17.7. The van der Waals surface area contributed by atoms with E-state index in [1.165, 1.54) is 38.5 Å². The Morgan fingerprint density at radius 3 is 1.63 bits per heavy atom. The van der Waals surface area contributed by atoms with Crippen LogP contribution in [-0.2, 0) is 46.5 Å². The number of aliphatic hydroxyl groups excluding tert-OH is 1. The highest BCUT2D eigenvalue weighted by Crippen LogP contribution is 2.44. The Morgan fingerprint density at radius 2 is 1.03 bits per heavy atom. The van der Waals surface area contributed by atoms with Gasteiger partial charge >= 0.3 is 27.6 Å². The van der Waals surface area contributed by atoms with Crippen molar-refractivity contribution in [1.29, 1.82) is 0 Å². The van der Waals surface area contributed by atoms with E-state index in [1.807, 2.05) is 6.08 Å². The van der Waals surface area contributed by atoms with Crippen LogP contribution in [0.25, 0.3) is 0 Å². The van der Waals surface area contributed by atoms with Crippen molar-refractivity contribution in [2.24, 2.45) is 0 Å². The fourth-order valence-corrected chi connectivity index (χ4v) is 6.92. The first-order valence-corrected chi connectivity index (χ1v) is 25.1. The molecule has 3 unspecified atom stereocenters. The number of allylic oxidation sites excluding steroid dienone is 8. The van der Waals surface area contributed by atoms with Gasteiger partial charge in [0.25, 0.3) is 0 Å². The van der Waals surface area contributed by atoms with Crippen molar-refractivity contribution in [3.05, 3.63) is 60.8 Å². The van der Waals surface area contributed by atoms with Crippen molar-refractivity contribution in [2.45, 2.75) is 180 Å². The van der Waals surface area contributed by atoms with Crippen LogP contribution in [0.5, 0.6) is 0 Å². The van der Waals surface area contributed by atoms with Crippen LogP contribution in [0, 0.1) is 0 Å². The molecular weight excluding hydrogens is 814 g/mol. The number of carbonyl (C=O) groups excluding carboxylic acids is 2. The molecule has 346 valence electrons. The molecule has 0 bridgehead atoms. The molecule has 4 N–H and O–H groups in total. The minimum Gasteiger partial charge on any atom is -0.462 e. The quantitative estimate of drug-likeness (QED) is 0.0148. The van der Waals surface area contributed by atoms with Crippen molar-refractivity contribution in [3.8, 4) is 0 Å². The van der Waals surface area contributed by atoms with E-state index in [0.29, 0.717) is 19.3 Å². The van der Waals surface area contributed by atoms with Crippen molar-refractivity contribution < 1.29 is 66.3 Å². The third kappa shape index (κ3) is 36.4. The summed E-state index contributed by atoms with van der Waals surface area (Å²) >= 11 is 0. The fraction of sp³-hybridized carbons (Fsp3) is 0.727. The molecule has 0 saturated carbocycles. The maximum absolute atomic E-state index is 12.7. The second kappa shape index (κ2) is 36.3. The van der Waals surface area contributed by atoms with Gasteiger partial charge in [0.1, 0.15) is 12.7 Å². The van der Waals surface area contributed by atoms with E-state index in [1.54, 1.807) is 0 Å². The number of phosphoric ester groups is 2. The number of phosphoric acid groups is 2. The Bertz CT molecular complexity index is 1360. The highest BCUT2D eigenvalue weighted by molar-refractivity contribution is 7.47. The van der Waals surface area contributed by atoms with Gasteiger partial charge in [-0.1, -0.05) is 120 Å². The first-order chi connectivity index (χ1) is 28.8. The average Bonchev–Trinajstić information content (AvgIpc) is 3.96. The molecule has 0 aromatic rings. The molecule has 1 aliphatic heterocycles. The van der Waals surface area contributed by atoms with Gasteiger partial charge in [-0.2, -0.15) is 0 Å². The molecule has 0 aromatic carbocycles. The largest absolute Gasteiger partial charge is 0.472 e. The van der Waals surface area contributed by atoms with Gasteiger partial charge in [-0.3, -0.25) is 23.2 Å². The molecule has 0 aromatic heterocycles. The number of aliphatic hydroxyl groups is 1. The maximum atomic E-state index is 12.7. The van der Waals surface area contributed by atoms with Gasteiger partial charge in [-0.25, -0.2) is 9.13 Å². The van der Waals surface area contributed by atoms with Crippen molar-refractivity contribution in [2.75, 3.05) is 26.4 Å². The number of hydrogen-bond donors (Lipinski definition) is 4. The van der Waals surface area contributed by atoms with Gasteiger partial charge < -0.3 is 34.0 Å². The topological polar surface area (TPSA) is 208 Å². The first-order valence-electron chi connectivity index (χ1n) is 22.1. The highest BCUT2D eigenvalue weighted by Gasteiger charge is 2.36. The number of hydrogen-bond acceptors (Lipinski definition) is 11. The number of ether oxygens (including phenoxy) is 3. The lowest BCUT2D eigenvalue weighted by molar-refractivity contribution is -0.161. The molecule has 16 heteroatoms. The Kier molecular flexibility index (Phi) is 33.7. The molecule has 0 amide bonds. The highest BCUT2D eigenvalue weighted by atomic mass is 31.2. The average molecular weight is 891 g/mol. The summed E-state index contributed by atoms with van der Waals surface area (Å²) in [5.41, 5.74) is 0. The molecule has 1 fully saturated rings. The zero-order valence-electron chi connectivity index (χ0n) is 36.2. The number of unbranched alkanes of at least 4 members (excludes halogenated alkanes) is 12. The molecule has 14 nitrogen and oxygen atoms in total. The van der Waals surface area contributed by atoms with Crippen LogP contribution in [0.3, 0.4) is 0 Å². The summed E-state index contributed by atoms with van der Waals surface area (Å²) in [6.07, 6.45) is 39.5. The molecular formula is C44H76O14P2. The lowest BCUT2D eigenvalue weighted by atomic mass is 10.1. The predicted molar refractivity (Wildman–Crippen MR) is 234 cm³/mol. The molecule has 1 rings (SSSR count). The smallest absolute Gasteiger partial charge is 0.462 e. The molecule has 0 aliphatic carbocycles. The third-order valence-electron chi connectivity index (χ3n) is 9.27. The van der Waals surface area contributed by atoms with E-state index < -0.39 is 66.2 Å². The Hall–Kier alpha value is -2.22. The van der Waals surface area contributed by atoms with Crippen LogP contribution in [0.4, 0.5) is 0 Å². The first kappa shape index (κ1) is 55.8. The summed E-state index contributed by atoms with van der Waals surface area (Å²) in [5, 5.41) is 9.75. The predicted octanol–water partition coefficient (Wildman–Crippen LogP) is 10.2. The zero-order chi connectivity index (χ0) is 44.2. The van der Waals surface area contributed by atoms with Gasteiger partial charge in [0.2, 0.25) is 0 Å². The second-order valence-electron chi connectivity index (χ2n) is 15.0. The van der Waals surface area contributed by atoms with Gasteiger partial charge in [0.05, 0.1) is 32.0 Å². The summed E-state index contributed by atoms with van der Waals surface area (Å²) < 4.78 is 53.5. The van der Waals surface area contributed by atoms with Gasteiger partial charge in [0.15, 0.2) is 6.10 Å². The van der Waals surface area contributed by atoms with E-state index in [4.69, 9.17) is 28.5 Å². The van der Waals surface area contributed by atoms with Crippen molar-refractivity contribution >= 4 is 27.6 Å². The monoisotopic (exact) mass is 890 g/mol. The standard InChI is InChI=1S/C44H76O14P2/c1-3-5-7-9-11-13-14-15-16-17-18-20-22-24-30-34-44(47)57-40(38-56-60(51,52)55-36-39(45)35-54-59(48,49)50)37-53-43(46)33-29-26-25-28-32-42-41(58-42)31-27-23-21-19-12-10-8-6-4-2/h11-13,15-16,19,23,25,27-28,39-42,45H,3-10,14,17-18,20-22,24,26,29-38H2,1-2H3,(H,51,52)(H2,48,49,50)/b13-11-,16-15-,19-12-,27-23-,28-25-/t39-,40+,41?,42?/m0/s1. The number of carbonyl (C=O) groups is 2. The summed E-state index contributed by atoms with van der Waals surface area (Å²) in [6.45, 7) is 1.60. The summed E-state index contributed by atoms with van der Waals surface area (Å²) in [5.74, 6) is -1.12. The molecule has 5 atom stereocenters. The van der Waals surface area contributed by atoms with Crippen LogP contribution >= 0.6 is 15.6 Å². The Morgan fingerprint density at radius 1 is 0.567 bits per heavy atom. The summed E-state index contributed by atoms with van der Waals surface area (Å²) in [4.78, 5) is 52.7. The molecule has 0 radical (unpaired) electrons. The van der Waals surface area contributed by atoms with Gasteiger partial charge in [-0.15, -0.1) is 0 Å². The van der Waals surface area contributed by atoms with E-state index in [9.17, 15) is 28.7 Å². The maximum Gasteiger partial charge on any atom is 0.472 e. The lowest BCUT2D eigenvalue weighted by Gasteiger charge is -2.20. The summed E-state index contributed by atoms with van der Waals surface area (Å²) in [6, 6.07) is 0. The number of rotatable bonds is 40. The van der Waals surface area contributed by atoms with Crippen LogP contribution in [-0.4, -0.2) is 82.6 Å². The Balaban J connectivity index is 2.42. The zero-order valence-corrected chi connectivity index (χ0v) is 38.0. The van der Waals surface area contributed by atoms with Crippen molar-refractivity contribution in [3.63, 3.8) is 0 Å². The van der Waals surface area contributed by atoms with E-state index in [2.05, 4.69) is 77.6 Å². The molecule has 1 aliphatic rings. The molecule has 0 spiro atoms.